The molecule has 0 atom stereocenters. The molecule has 0 radical (unpaired) electrons. The molecule has 1 aromatic carbocycles. The number of urea groups is 1. The summed E-state index contributed by atoms with van der Waals surface area (Å²) in [4.78, 5) is 21.0. The number of benzene rings is 1. The summed E-state index contributed by atoms with van der Waals surface area (Å²) in [6, 6.07) is 14.4. The molecular formula is C20H27N5O. The molecule has 1 aliphatic heterocycles. The maximum Gasteiger partial charge on any atom is 0.319 e. The van der Waals surface area contributed by atoms with Crippen LogP contribution >= 0.6 is 0 Å². The zero-order valence-electron chi connectivity index (χ0n) is 15.5. The molecule has 0 aliphatic carbocycles. The predicted molar refractivity (Wildman–Crippen MR) is 105 cm³/mol. The van der Waals surface area contributed by atoms with Crippen LogP contribution in [0.25, 0.3) is 0 Å². The molecule has 6 nitrogen and oxygen atoms in total. The van der Waals surface area contributed by atoms with Crippen LogP contribution in [0.15, 0.2) is 48.7 Å². The van der Waals surface area contributed by atoms with Crippen LogP contribution < -0.4 is 15.5 Å². The summed E-state index contributed by atoms with van der Waals surface area (Å²) in [5.74, 6) is 0.958. The molecule has 138 valence electrons. The Bertz CT molecular complexity index is 694. The van der Waals surface area contributed by atoms with Gasteiger partial charge in [-0.25, -0.2) is 9.78 Å². The molecule has 1 aliphatic rings. The Kier molecular flexibility index (Phi) is 6.07. The second-order valence-electron chi connectivity index (χ2n) is 6.91. The van der Waals surface area contributed by atoms with Crippen molar-refractivity contribution >= 4 is 17.5 Å². The van der Waals surface area contributed by atoms with Crippen LogP contribution in [0, 0.1) is 0 Å². The van der Waals surface area contributed by atoms with E-state index in [1.807, 2.05) is 26.0 Å². The van der Waals surface area contributed by atoms with Gasteiger partial charge < -0.3 is 15.5 Å². The third-order valence-corrected chi connectivity index (χ3v) is 4.37. The summed E-state index contributed by atoms with van der Waals surface area (Å²) in [7, 11) is 0. The molecule has 1 aromatic heterocycles. The van der Waals surface area contributed by atoms with Crippen LogP contribution in [-0.2, 0) is 6.54 Å². The van der Waals surface area contributed by atoms with Gasteiger partial charge in [0.25, 0.3) is 0 Å². The van der Waals surface area contributed by atoms with Gasteiger partial charge in [0.15, 0.2) is 0 Å². The number of nitrogens with one attached hydrogen (secondary N) is 2. The van der Waals surface area contributed by atoms with Crippen molar-refractivity contribution in [1.29, 1.82) is 0 Å². The van der Waals surface area contributed by atoms with E-state index >= 15 is 0 Å². The maximum atomic E-state index is 11.7. The number of pyridine rings is 1. The van der Waals surface area contributed by atoms with Crippen molar-refractivity contribution in [2.45, 2.75) is 26.4 Å². The van der Waals surface area contributed by atoms with Gasteiger partial charge in [-0.3, -0.25) is 4.90 Å². The van der Waals surface area contributed by atoms with E-state index in [4.69, 9.17) is 0 Å². The van der Waals surface area contributed by atoms with Gasteiger partial charge in [-0.2, -0.15) is 0 Å². The largest absolute Gasteiger partial charge is 0.354 e. The molecule has 6 heteroatoms. The second kappa shape index (κ2) is 8.67. The van der Waals surface area contributed by atoms with Crippen molar-refractivity contribution < 1.29 is 4.79 Å². The fourth-order valence-electron chi connectivity index (χ4n) is 3.05. The molecule has 1 saturated heterocycles. The number of hydrogen-bond acceptors (Lipinski definition) is 4. The van der Waals surface area contributed by atoms with Crippen LogP contribution in [0.3, 0.4) is 0 Å². The van der Waals surface area contributed by atoms with E-state index in [2.05, 4.69) is 55.7 Å². The number of carbonyl (C=O) groups is 1. The molecule has 0 saturated carbocycles. The lowest BCUT2D eigenvalue weighted by atomic mass is 10.2. The summed E-state index contributed by atoms with van der Waals surface area (Å²) < 4.78 is 0. The van der Waals surface area contributed by atoms with Crippen molar-refractivity contribution in [3.63, 3.8) is 0 Å². The van der Waals surface area contributed by atoms with Gasteiger partial charge in [0.1, 0.15) is 5.82 Å². The van der Waals surface area contributed by atoms with Gasteiger partial charge in [-0.05, 0) is 31.5 Å². The van der Waals surface area contributed by atoms with Crippen LogP contribution in [0.1, 0.15) is 19.4 Å². The first-order valence-corrected chi connectivity index (χ1v) is 9.15. The molecule has 0 bridgehead atoms. The molecule has 2 aromatic rings. The summed E-state index contributed by atoms with van der Waals surface area (Å²) in [6.45, 7) is 8.81. The number of hydrogen-bond donors (Lipinski definition) is 2. The highest BCUT2D eigenvalue weighted by Crippen LogP contribution is 2.17. The first-order valence-electron chi connectivity index (χ1n) is 9.15. The molecular weight excluding hydrogens is 326 g/mol. The average Bonchev–Trinajstić information content (AvgIpc) is 2.63. The Balaban J connectivity index is 1.49. The van der Waals surface area contributed by atoms with Crippen molar-refractivity contribution in [3.8, 4) is 0 Å². The third-order valence-electron chi connectivity index (χ3n) is 4.37. The van der Waals surface area contributed by atoms with E-state index < -0.39 is 0 Å². The Hall–Kier alpha value is -2.60. The first kappa shape index (κ1) is 18.2. The van der Waals surface area contributed by atoms with Gasteiger partial charge in [0.2, 0.25) is 0 Å². The molecule has 2 amide bonds. The summed E-state index contributed by atoms with van der Waals surface area (Å²) in [6.07, 6.45) is 1.71. The number of carbonyl (C=O) groups excluding carboxylic acids is 1. The molecule has 0 spiro atoms. The van der Waals surface area contributed by atoms with Crippen LogP contribution in [0.5, 0.6) is 0 Å². The Morgan fingerprint density at radius 3 is 2.42 bits per heavy atom. The quantitative estimate of drug-likeness (QED) is 0.868. The van der Waals surface area contributed by atoms with Crippen LogP contribution in [0.2, 0.25) is 0 Å². The normalized spacial score (nSPS) is 15.1. The number of anilines is 2. The van der Waals surface area contributed by atoms with Gasteiger partial charge in [0.05, 0.1) is 11.9 Å². The fourth-order valence-corrected chi connectivity index (χ4v) is 3.05. The second-order valence-corrected chi connectivity index (χ2v) is 6.91. The van der Waals surface area contributed by atoms with Crippen LogP contribution in [-0.4, -0.2) is 48.1 Å². The molecule has 2 heterocycles. The van der Waals surface area contributed by atoms with Gasteiger partial charge in [-0.15, -0.1) is 0 Å². The lowest BCUT2D eigenvalue weighted by molar-refractivity contribution is 0.249. The molecule has 26 heavy (non-hydrogen) atoms. The zero-order chi connectivity index (χ0) is 18.4. The van der Waals surface area contributed by atoms with E-state index in [1.54, 1.807) is 6.20 Å². The van der Waals surface area contributed by atoms with E-state index in [9.17, 15) is 4.79 Å². The smallest absolute Gasteiger partial charge is 0.319 e. The average molecular weight is 353 g/mol. The third kappa shape index (κ3) is 5.20. The van der Waals surface area contributed by atoms with Gasteiger partial charge >= 0.3 is 6.03 Å². The first-order chi connectivity index (χ1) is 12.6. The Morgan fingerprint density at radius 1 is 1.08 bits per heavy atom. The number of rotatable bonds is 5. The zero-order valence-corrected chi connectivity index (χ0v) is 15.5. The minimum atomic E-state index is -0.205. The topological polar surface area (TPSA) is 60.5 Å². The van der Waals surface area contributed by atoms with E-state index in [-0.39, 0.29) is 12.1 Å². The highest BCUT2D eigenvalue weighted by Gasteiger charge is 2.18. The summed E-state index contributed by atoms with van der Waals surface area (Å²) in [5, 5.41) is 5.60. The number of aromatic nitrogens is 1. The lowest BCUT2D eigenvalue weighted by Gasteiger charge is -2.35. The molecule has 3 rings (SSSR count). The van der Waals surface area contributed by atoms with Crippen LogP contribution in [0.4, 0.5) is 16.3 Å². The molecule has 0 unspecified atom stereocenters. The van der Waals surface area contributed by atoms with Gasteiger partial charge in [-0.1, -0.05) is 30.3 Å². The number of amides is 2. The Morgan fingerprint density at radius 2 is 1.81 bits per heavy atom. The minimum absolute atomic E-state index is 0.106. The fraction of sp³-hybridized carbons (Fsp3) is 0.400. The summed E-state index contributed by atoms with van der Waals surface area (Å²) >= 11 is 0. The minimum Gasteiger partial charge on any atom is -0.354 e. The highest BCUT2D eigenvalue weighted by atomic mass is 16.2. The molecule has 1 fully saturated rings. The predicted octanol–water partition coefficient (Wildman–Crippen LogP) is 2.93. The van der Waals surface area contributed by atoms with E-state index in [0.29, 0.717) is 5.69 Å². The van der Waals surface area contributed by atoms with E-state index in [1.165, 1.54) is 5.56 Å². The van der Waals surface area contributed by atoms with Crippen molar-refractivity contribution in [2.75, 3.05) is 36.4 Å². The van der Waals surface area contributed by atoms with E-state index in [0.717, 1.165) is 38.5 Å². The van der Waals surface area contributed by atoms with Crippen molar-refractivity contribution in [1.82, 2.24) is 15.2 Å². The van der Waals surface area contributed by atoms with Gasteiger partial charge in [0, 0.05) is 38.8 Å². The Labute approximate surface area is 155 Å². The monoisotopic (exact) mass is 353 g/mol. The van der Waals surface area contributed by atoms with Crippen molar-refractivity contribution in [2.24, 2.45) is 0 Å². The van der Waals surface area contributed by atoms with Crippen molar-refractivity contribution in [3.05, 3.63) is 54.2 Å². The summed E-state index contributed by atoms with van der Waals surface area (Å²) in [5.41, 5.74) is 2.06. The SMILES string of the molecule is CC(C)NC(=O)Nc1ccc(N2CCN(Cc3ccccc3)CC2)nc1. The maximum absolute atomic E-state index is 11.7. The highest BCUT2D eigenvalue weighted by molar-refractivity contribution is 5.89. The lowest BCUT2D eigenvalue weighted by Crippen LogP contribution is -2.46. The molecule has 2 N–H and O–H groups in total. The number of piperazine rings is 1. The standard InChI is InChI=1S/C20H27N5O/c1-16(2)22-20(26)23-18-8-9-19(21-14-18)25-12-10-24(11-13-25)15-17-6-4-3-5-7-17/h3-9,14,16H,10-13,15H2,1-2H3,(H2,22,23,26). The number of nitrogens with zero attached hydrogens (tertiary/aromatic N) is 3.